The van der Waals surface area contributed by atoms with Crippen LogP contribution < -0.4 is 16.0 Å². The van der Waals surface area contributed by atoms with Gasteiger partial charge in [0, 0.05) is 39.3 Å². The van der Waals surface area contributed by atoms with Crippen LogP contribution in [0, 0.1) is 20.8 Å². The SMILES string of the molecule is CCCn1cnc2c(NCc3c(C)c(CNc4ncnc5c4ncn5CCC)c(C)c(CNc4ncnc5c4ncn5CCC)c3C)ncnc21. The number of aromatic nitrogens is 12. The van der Waals surface area contributed by atoms with Crippen LogP contribution in [-0.2, 0) is 39.3 Å². The van der Waals surface area contributed by atoms with Crippen LogP contribution >= 0.6 is 0 Å². The summed E-state index contributed by atoms with van der Waals surface area (Å²) in [6.07, 6.45) is 13.3. The van der Waals surface area contributed by atoms with E-state index in [9.17, 15) is 0 Å². The van der Waals surface area contributed by atoms with Crippen molar-refractivity contribution < 1.29 is 0 Å². The summed E-state index contributed by atoms with van der Waals surface area (Å²) < 4.78 is 6.22. The minimum Gasteiger partial charge on any atom is -0.364 e. The quantitative estimate of drug-likeness (QED) is 0.114. The van der Waals surface area contributed by atoms with Crippen molar-refractivity contribution in [2.75, 3.05) is 16.0 Å². The molecule has 7 rings (SSSR count). The number of nitrogens with zero attached hydrogens (tertiary/aromatic N) is 12. The summed E-state index contributed by atoms with van der Waals surface area (Å²) in [7, 11) is 0. The zero-order valence-electron chi connectivity index (χ0n) is 30.2. The minimum atomic E-state index is 0.559. The zero-order valence-corrected chi connectivity index (χ0v) is 30.2. The molecule has 264 valence electrons. The molecule has 0 spiro atoms. The molecule has 0 aliphatic heterocycles. The lowest BCUT2D eigenvalue weighted by Gasteiger charge is -2.24. The number of rotatable bonds is 15. The largest absolute Gasteiger partial charge is 0.364 e. The first-order chi connectivity index (χ1) is 24.9. The molecule has 0 fully saturated rings. The van der Waals surface area contributed by atoms with E-state index < -0.39 is 0 Å². The predicted molar refractivity (Wildman–Crippen MR) is 199 cm³/mol. The van der Waals surface area contributed by atoms with E-state index in [4.69, 9.17) is 0 Å². The average Bonchev–Trinajstić information content (AvgIpc) is 3.87. The third-order valence-electron chi connectivity index (χ3n) is 9.61. The van der Waals surface area contributed by atoms with Crippen molar-refractivity contribution in [3.05, 3.63) is 71.3 Å². The van der Waals surface area contributed by atoms with Crippen molar-refractivity contribution in [3.8, 4) is 0 Å². The van der Waals surface area contributed by atoms with Gasteiger partial charge in [0.15, 0.2) is 34.4 Å². The molecule has 0 radical (unpaired) electrons. The van der Waals surface area contributed by atoms with Crippen molar-refractivity contribution in [2.24, 2.45) is 0 Å². The van der Waals surface area contributed by atoms with Gasteiger partial charge in [-0.25, -0.2) is 44.9 Å². The molecule has 15 heteroatoms. The number of anilines is 3. The topological polar surface area (TPSA) is 167 Å². The molecular formula is C36H45N15. The van der Waals surface area contributed by atoms with Crippen molar-refractivity contribution in [1.82, 2.24) is 58.6 Å². The second kappa shape index (κ2) is 14.6. The zero-order chi connectivity index (χ0) is 35.5. The average molecular weight is 688 g/mol. The second-order valence-corrected chi connectivity index (χ2v) is 12.9. The van der Waals surface area contributed by atoms with Crippen LogP contribution in [0.4, 0.5) is 17.5 Å². The highest BCUT2D eigenvalue weighted by molar-refractivity contribution is 5.84. The molecule has 3 N–H and O–H groups in total. The summed E-state index contributed by atoms with van der Waals surface area (Å²) in [5.74, 6) is 2.14. The molecular weight excluding hydrogens is 643 g/mol. The molecule has 0 saturated heterocycles. The highest BCUT2D eigenvalue weighted by Crippen LogP contribution is 2.31. The summed E-state index contributed by atoms with van der Waals surface area (Å²) in [4.78, 5) is 41.3. The third-order valence-corrected chi connectivity index (χ3v) is 9.61. The normalized spacial score (nSPS) is 11.6. The van der Waals surface area contributed by atoms with Crippen molar-refractivity contribution in [2.45, 2.75) is 100 Å². The Bertz CT molecular complexity index is 2040. The lowest BCUT2D eigenvalue weighted by Crippen LogP contribution is -2.16. The number of aryl methyl sites for hydroxylation is 3. The molecule has 0 aliphatic carbocycles. The first-order valence-electron chi connectivity index (χ1n) is 17.7. The second-order valence-electron chi connectivity index (χ2n) is 12.9. The fourth-order valence-electron chi connectivity index (χ4n) is 6.95. The number of fused-ring (bicyclic) bond motifs is 3. The Labute approximate surface area is 296 Å². The summed E-state index contributed by atoms with van der Waals surface area (Å²) >= 11 is 0. The first-order valence-corrected chi connectivity index (χ1v) is 17.7. The van der Waals surface area contributed by atoms with E-state index in [0.29, 0.717) is 37.1 Å². The van der Waals surface area contributed by atoms with E-state index in [1.54, 1.807) is 19.0 Å². The molecule has 0 unspecified atom stereocenters. The molecule has 15 nitrogen and oxygen atoms in total. The molecule has 7 aromatic rings. The minimum absolute atomic E-state index is 0.559. The van der Waals surface area contributed by atoms with Crippen LogP contribution in [0.1, 0.15) is 73.4 Å². The Morgan fingerprint density at radius 2 is 0.725 bits per heavy atom. The molecule has 51 heavy (non-hydrogen) atoms. The number of nitrogens with one attached hydrogen (secondary N) is 3. The van der Waals surface area contributed by atoms with Gasteiger partial charge < -0.3 is 29.7 Å². The Morgan fingerprint density at radius 1 is 0.431 bits per heavy atom. The number of imidazole rings is 3. The summed E-state index contributed by atoms with van der Waals surface area (Å²) in [5, 5.41) is 10.8. The molecule has 0 bridgehead atoms. The van der Waals surface area contributed by atoms with Crippen LogP contribution in [-0.4, -0.2) is 58.6 Å². The molecule has 1 aromatic carbocycles. The molecule has 0 amide bonds. The van der Waals surface area contributed by atoms with Gasteiger partial charge in [0.1, 0.15) is 35.5 Å². The highest BCUT2D eigenvalue weighted by Gasteiger charge is 2.20. The summed E-state index contributed by atoms with van der Waals surface area (Å²) in [6.45, 7) is 17.2. The standard InChI is InChI=1S/C36H45N15/c1-7-10-49-19-46-28-31(40-16-43-34(28)49)37-13-25-22(4)26(14-38-32-29-35(44-17-41-32)50(11-8-2)20-47-29)24(6)27(23(25)5)15-39-33-30-36(45-18-42-33)51(12-9-3)21-48-30/h16-21H,7-15H2,1-6H3,(H,37,40,43)(H,38,41,44)(H,39,42,45). The number of hydrogen-bond acceptors (Lipinski definition) is 12. The third kappa shape index (κ3) is 6.39. The molecule has 6 aromatic heterocycles. The maximum Gasteiger partial charge on any atom is 0.165 e. The van der Waals surface area contributed by atoms with Crippen LogP contribution in [0.25, 0.3) is 33.5 Å². The van der Waals surface area contributed by atoms with E-state index in [0.717, 1.165) is 72.4 Å². The van der Waals surface area contributed by atoms with Gasteiger partial charge in [0.2, 0.25) is 0 Å². The molecule has 6 heterocycles. The van der Waals surface area contributed by atoms with E-state index >= 15 is 0 Å². The van der Waals surface area contributed by atoms with Gasteiger partial charge in [-0.3, -0.25) is 0 Å². The smallest absolute Gasteiger partial charge is 0.165 e. The molecule has 0 aliphatic rings. The summed E-state index contributed by atoms with van der Waals surface area (Å²) in [6, 6.07) is 0. The Hall–Kier alpha value is -5.73. The molecule has 0 saturated carbocycles. The summed E-state index contributed by atoms with van der Waals surface area (Å²) in [5.41, 5.74) is 11.9. The van der Waals surface area contributed by atoms with Crippen LogP contribution in [0.5, 0.6) is 0 Å². The fourth-order valence-corrected chi connectivity index (χ4v) is 6.95. The fraction of sp³-hybridized carbons (Fsp3) is 0.417. The lowest BCUT2D eigenvalue weighted by molar-refractivity contribution is 0.691. The Balaban J connectivity index is 1.24. The van der Waals surface area contributed by atoms with Crippen LogP contribution in [0.2, 0.25) is 0 Å². The number of benzene rings is 1. The monoisotopic (exact) mass is 687 g/mol. The van der Waals surface area contributed by atoms with E-state index in [1.165, 1.54) is 33.4 Å². The Kier molecular flexibility index (Phi) is 9.68. The first kappa shape index (κ1) is 33.8. The lowest BCUT2D eigenvalue weighted by atomic mass is 9.87. The van der Waals surface area contributed by atoms with E-state index in [1.807, 2.05) is 19.0 Å². The van der Waals surface area contributed by atoms with Crippen molar-refractivity contribution >= 4 is 50.9 Å². The Morgan fingerprint density at radius 3 is 1.00 bits per heavy atom. The van der Waals surface area contributed by atoms with Crippen molar-refractivity contribution in [3.63, 3.8) is 0 Å². The van der Waals surface area contributed by atoms with Crippen LogP contribution in [0.15, 0.2) is 38.0 Å². The maximum atomic E-state index is 4.66. The van der Waals surface area contributed by atoms with Gasteiger partial charge >= 0.3 is 0 Å². The van der Waals surface area contributed by atoms with E-state index in [-0.39, 0.29) is 0 Å². The maximum absolute atomic E-state index is 4.66. The number of hydrogen-bond donors (Lipinski definition) is 3. The van der Waals surface area contributed by atoms with Gasteiger partial charge in [-0.1, -0.05) is 20.8 Å². The molecule has 0 atom stereocenters. The predicted octanol–water partition coefficient (Wildman–Crippen LogP) is 6.10. The highest BCUT2D eigenvalue weighted by atomic mass is 15.2. The van der Waals surface area contributed by atoms with Gasteiger partial charge in [0.05, 0.1) is 19.0 Å². The van der Waals surface area contributed by atoms with Gasteiger partial charge in [-0.2, -0.15) is 0 Å². The van der Waals surface area contributed by atoms with Crippen molar-refractivity contribution in [1.29, 1.82) is 0 Å². The van der Waals surface area contributed by atoms with Crippen LogP contribution in [0.3, 0.4) is 0 Å². The van der Waals surface area contributed by atoms with E-state index in [2.05, 4.69) is 116 Å². The van der Waals surface area contributed by atoms with Gasteiger partial charge in [-0.05, 0) is 73.4 Å². The van der Waals surface area contributed by atoms with Gasteiger partial charge in [-0.15, -0.1) is 0 Å². The van der Waals surface area contributed by atoms with Gasteiger partial charge in [0.25, 0.3) is 0 Å².